The second-order valence-corrected chi connectivity index (χ2v) is 1.79. The molecule has 0 atom stereocenters. The van der Waals surface area contributed by atoms with Gasteiger partial charge in [-0.15, -0.1) is 0 Å². The number of nitrogens with zero attached hydrogens (tertiary/aromatic N) is 2. The van der Waals surface area contributed by atoms with Crippen LogP contribution < -0.4 is 0 Å². The van der Waals surface area contributed by atoms with Gasteiger partial charge in [0.05, 0.1) is 0 Å². The predicted octanol–water partition coefficient (Wildman–Crippen LogP) is 1.10. The summed E-state index contributed by atoms with van der Waals surface area (Å²) in [4.78, 5) is 10.9. The first-order valence-corrected chi connectivity index (χ1v) is 3.01. The van der Waals surface area contributed by atoms with Crippen molar-refractivity contribution in [2.24, 2.45) is 0 Å². The maximum Gasteiger partial charge on any atom is 0.270 e. The van der Waals surface area contributed by atoms with Crippen molar-refractivity contribution >= 4 is 5.91 Å². The van der Waals surface area contributed by atoms with E-state index in [2.05, 4.69) is 5.10 Å². The second kappa shape index (κ2) is 2.96. The molecular formula is C7H8N2O. The lowest BCUT2D eigenvalue weighted by Gasteiger charge is -1.89. The molecule has 0 aliphatic heterocycles. The standard InChI is InChI=1S/C7H8N2O/c1-2-4-7(10)9-6-3-5-8-9/h2-6H,1H3/b4-2+. The topological polar surface area (TPSA) is 34.9 Å². The zero-order chi connectivity index (χ0) is 7.40. The zero-order valence-corrected chi connectivity index (χ0v) is 5.69. The van der Waals surface area contributed by atoms with Gasteiger partial charge < -0.3 is 0 Å². The normalized spacial score (nSPS) is 10.5. The molecule has 0 aliphatic rings. The Bertz CT molecular complexity index is 236. The third-order valence-electron chi connectivity index (χ3n) is 1.04. The SMILES string of the molecule is C/C=C/C(=O)n1cccn1. The Morgan fingerprint density at radius 1 is 1.70 bits per heavy atom. The fraction of sp³-hybridized carbons (Fsp3) is 0.143. The molecule has 1 aromatic rings. The summed E-state index contributed by atoms with van der Waals surface area (Å²) in [5.41, 5.74) is 0. The largest absolute Gasteiger partial charge is 0.270 e. The minimum absolute atomic E-state index is 0.118. The highest BCUT2D eigenvalue weighted by atomic mass is 16.2. The number of aromatic nitrogens is 2. The van der Waals surface area contributed by atoms with Gasteiger partial charge in [-0.1, -0.05) is 6.08 Å². The van der Waals surface area contributed by atoms with Crippen LogP contribution in [0, 0.1) is 0 Å². The van der Waals surface area contributed by atoms with Crippen molar-refractivity contribution in [2.75, 3.05) is 0 Å². The molecule has 0 saturated carbocycles. The zero-order valence-electron chi connectivity index (χ0n) is 5.69. The van der Waals surface area contributed by atoms with Crippen LogP contribution in [0.3, 0.4) is 0 Å². The van der Waals surface area contributed by atoms with Crippen LogP contribution in [-0.2, 0) is 0 Å². The number of allylic oxidation sites excluding steroid dienone is 2. The van der Waals surface area contributed by atoms with E-state index in [0.29, 0.717) is 0 Å². The lowest BCUT2D eigenvalue weighted by molar-refractivity contribution is 0.0954. The monoisotopic (exact) mass is 136 g/mol. The van der Waals surface area contributed by atoms with Crippen molar-refractivity contribution in [1.82, 2.24) is 9.78 Å². The lowest BCUT2D eigenvalue weighted by atomic mass is 10.5. The van der Waals surface area contributed by atoms with Gasteiger partial charge in [0.15, 0.2) is 0 Å². The first-order chi connectivity index (χ1) is 4.84. The molecule has 0 amide bonds. The van der Waals surface area contributed by atoms with Gasteiger partial charge in [0.1, 0.15) is 0 Å². The summed E-state index contributed by atoms with van der Waals surface area (Å²) in [5, 5.41) is 3.75. The number of carbonyl (C=O) groups excluding carboxylic acids is 1. The Hall–Kier alpha value is -1.38. The summed E-state index contributed by atoms with van der Waals surface area (Å²) < 4.78 is 1.28. The number of carbonyl (C=O) groups is 1. The molecule has 10 heavy (non-hydrogen) atoms. The van der Waals surface area contributed by atoms with Crippen molar-refractivity contribution in [2.45, 2.75) is 6.92 Å². The van der Waals surface area contributed by atoms with Crippen LogP contribution in [0.1, 0.15) is 11.7 Å². The van der Waals surface area contributed by atoms with Crippen LogP contribution in [0.5, 0.6) is 0 Å². The van der Waals surface area contributed by atoms with Crippen molar-refractivity contribution in [1.29, 1.82) is 0 Å². The van der Waals surface area contributed by atoms with Crippen LogP contribution >= 0.6 is 0 Å². The van der Waals surface area contributed by atoms with Crippen LogP contribution in [0.2, 0.25) is 0 Å². The molecule has 1 heterocycles. The Kier molecular flexibility index (Phi) is 1.99. The molecule has 3 nitrogen and oxygen atoms in total. The molecule has 1 aromatic heterocycles. The molecule has 0 aliphatic carbocycles. The summed E-state index contributed by atoms with van der Waals surface area (Å²) in [5.74, 6) is -0.118. The lowest BCUT2D eigenvalue weighted by Crippen LogP contribution is -2.06. The Morgan fingerprint density at radius 3 is 3.00 bits per heavy atom. The summed E-state index contributed by atoms with van der Waals surface area (Å²) >= 11 is 0. The van der Waals surface area contributed by atoms with Gasteiger partial charge >= 0.3 is 0 Å². The molecule has 1 rings (SSSR count). The van der Waals surface area contributed by atoms with Crippen molar-refractivity contribution in [3.63, 3.8) is 0 Å². The molecule has 3 heteroatoms. The van der Waals surface area contributed by atoms with Gasteiger partial charge in [0.2, 0.25) is 0 Å². The fourth-order valence-electron chi connectivity index (χ4n) is 0.618. The molecule has 0 fully saturated rings. The summed E-state index contributed by atoms with van der Waals surface area (Å²) in [7, 11) is 0. The van der Waals surface area contributed by atoms with Crippen molar-refractivity contribution in [3.8, 4) is 0 Å². The fourth-order valence-corrected chi connectivity index (χ4v) is 0.618. The highest BCUT2D eigenvalue weighted by Gasteiger charge is 1.95. The van der Waals surface area contributed by atoms with Crippen LogP contribution in [-0.4, -0.2) is 15.7 Å². The Morgan fingerprint density at radius 2 is 2.50 bits per heavy atom. The highest BCUT2D eigenvalue weighted by Crippen LogP contribution is 1.85. The van der Waals surface area contributed by atoms with Gasteiger partial charge in [0, 0.05) is 18.5 Å². The molecule has 52 valence electrons. The first kappa shape index (κ1) is 6.74. The van der Waals surface area contributed by atoms with Crippen LogP contribution in [0.15, 0.2) is 30.6 Å². The van der Waals surface area contributed by atoms with E-state index < -0.39 is 0 Å². The third kappa shape index (κ3) is 1.31. The Balaban J connectivity index is 2.78. The summed E-state index contributed by atoms with van der Waals surface area (Å²) in [6, 6.07) is 1.71. The third-order valence-corrected chi connectivity index (χ3v) is 1.04. The number of rotatable bonds is 1. The van der Waals surface area contributed by atoms with Crippen molar-refractivity contribution < 1.29 is 4.79 Å². The average molecular weight is 136 g/mol. The van der Waals surface area contributed by atoms with Gasteiger partial charge in [-0.2, -0.15) is 5.10 Å². The van der Waals surface area contributed by atoms with E-state index >= 15 is 0 Å². The van der Waals surface area contributed by atoms with Gasteiger partial charge in [-0.25, -0.2) is 4.68 Å². The van der Waals surface area contributed by atoms with Gasteiger partial charge in [0.25, 0.3) is 5.91 Å². The van der Waals surface area contributed by atoms with E-state index in [0.717, 1.165) is 0 Å². The smallest absolute Gasteiger partial charge is 0.267 e. The van der Waals surface area contributed by atoms with Crippen LogP contribution in [0.4, 0.5) is 0 Å². The molecule has 0 unspecified atom stereocenters. The first-order valence-electron chi connectivity index (χ1n) is 3.01. The molecule has 0 aromatic carbocycles. The molecule has 0 bridgehead atoms. The van der Waals surface area contributed by atoms with E-state index in [4.69, 9.17) is 0 Å². The van der Waals surface area contributed by atoms with Gasteiger partial charge in [-0.05, 0) is 13.0 Å². The molecule has 0 radical (unpaired) electrons. The quantitative estimate of drug-likeness (QED) is 0.542. The second-order valence-electron chi connectivity index (χ2n) is 1.79. The number of hydrogen-bond donors (Lipinski definition) is 0. The predicted molar refractivity (Wildman–Crippen MR) is 37.7 cm³/mol. The number of hydrogen-bond acceptors (Lipinski definition) is 2. The maximum atomic E-state index is 10.9. The van der Waals surface area contributed by atoms with E-state index in [9.17, 15) is 4.79 Å². The highest BCUT2D eigenvalue weighted by molar-refractivity contribution is 5.88. The average Bonchev–Trinajstić information content (AvgIpc) is 2.38. The summed E-state index contributed by atoms with van der Waals surface area (Å²) in [6.07, 6.45) is 6.33. The van der Waals surface area contributed by atoms with E-state index in [1.165, 1.54) is 10.8 Å². The van der Waals surface area contributed by atoms with Crippen LogP contribution in [0.25, 0.3) is 0 Å². The molecule has 0 N–H and O–H groups in total. The van der Waals surface area contributed by atoms with Gasteiger partial charge in [-0.3, -0.25) is 4.79 Å². The molecule has 0 saturated heterocycles. The van der Waals surface area contributed by atoms with Crippen molar-refractivity contribution in [3.05, 3.63) is 30.6 Å². The van der Waals surface area contributed by atoms with E-state index in [1.54, 1.807) is 31.5 Å². The summed E-state index contributed by atoms with van der Waals surface area (Å²) in [6.45, 7) is 1.79. The minimum atomic E-state index is -0.118. The molecule has 0 spiro atoms. The Labute approximate surface area is 59.0 Å². The minimum Gasteiger partial charge on any atom is -0.267 e. The maximum absolute atomic E-state index is 10.9. The van der Waals surface area contributed by atoms with E-state index in [-0.39, 0.29) is 5.91 Å². The molecular weight excluding hydrogens is 128 g/mol. The van der Waals surface area contributed by atoms with E-state index in [1.807, 2.05) is 0 Å².